The number of carbonyl (C=O) groups is 3. The Morgan fingerprint density at radius 1 is 0.731 bits per heavy atom. The van der Waals surface area contributed by atoms with Gasteiger partial charge in [0.2, 0.25) is 0 Å². The lowest BCUT2D eigenvalue weighted by atomic mass is 9.82. The summed E-state index contributed by atoms with van der Waals surface area (Å²) in [7, 11) is 0. The molecule has 2 fully saturated rings. The fraction of sp³-hybridized carbons (Fsp3) is 0.603. The number of rotatable bonds is 10. The number of ketones is 1. The third-order valence-electron chi connectivity index (χ3n) is 14.3. The van der Waals surface area contributed by atoms with E-state index in [0.29, 0.717) is 17.7 Å². The molecular weight excluding hydrogens is 1010 g/mol. The molecule has 78 heavy (non-hydrogen) atoms. The van der Waals surface area contributed by atoms with Gasteiger partial charge in [0.25, 0.3) is 0 Å². The number of nitrogens with two attached hydrogens (primary N) is 2. The number of carbonyl (C=O) groups excluding carboxylic acids is 2. The van der Waals surface area contributed by atoms with E-state index in [-0.39, 0.29) is 75.4 Å². The third-order valence-corrected chi connectivity index (χ3v) is 14.3. The number of hydrogen-bond donors (Lipinski definition) is 13. The monoisotopic (exact) mass is 1100 g/mol. The molecule has 0 saturated carbocycles. The van der Waals surface area contributed by atoms with Crippen LogP contribution in [-0.4, -0.2) is 171 Å². The number of cyclic esters (lactones) is 1. The molecule has 15 N–H and O–H groups in total. The number of carboxylic acid groups (broad SMARTS) is 1. The second kappa shape index (κ2) is 33.1. The summed E-state index contributed by atoms with van der Waals surface area (Å²) in [5.74, 6) is -6.83. The zero-order valence-corrected chi connectivity index (χ0v) is 44.9. The standard InChI is InChI=1S/C58H86N2O18/c1-35-17-14-12-10-8-6-4-5-7-9-11-13-15-20-46(76-57-54(71)52(60)53(70)37(3)75-57)32-49-51(56(72)73)48(68)34-58(74,78-49)33-45(66)29-43(64)27-40(61)18-16-19-41(62)28-44(65)31-50(69)77-55(35)36(2)21-26-42(63)30-47(67)38-22-24-39(59)25-23-38/h4-15,17,20,22-25,35-37,40-46,48-49,51-55,57,61-66,68,70-71,74H,16,18-19,21,26-34,59-60H2,1-3H3,(H,72,73)/b5-4-,8-6-,9-7+,12-10+,13-11+,17-14+,20-15+/t35?,36?,37-,40?,41?,42?,43?,44?,45?,46?,48?,49+,51?,52+,53-,54+,55?,57?,58?/m1/s1. The number of aliphatic hydroxyl groups is 10. The molecule has 3 aliphatic rings. The van der Waals surface area contributed by atoms with Crippen LogP contribution in [0.3, 0.4) is 0 Å². The maximum absolute atomic E-state index is 13.3. The molecule has 1 aromatic rings. The highest BCUT2D eigenvalue weighted by atomic mass is 16.7. The predicted octanol–water partition coefficient (Wildman–Crippen LogP) is 3.11. The number of nitrogen functional groups attached to an aromatic ring is 1. The van der Waals surface area contributed by atoms with Gasteiger partial charge in [0, 0.05) is 42.9 Å². The molecule has 3 heterocycles. The highest BCUT2D eigenvalue weighted by Crippen LogP contribution is 2.38. The van der Waals surface area contributed by atoms with Crippen molar-refractivity contribution in [1.29, 1.82) is 0 Å². The molecule has 20 nitrogen and oxygen atoms in total. The van der Waals surface area contributed by atoms with Crippen molar-refractivity contribution in [2.24, 2.45) is 23.5 Å². The molecule has 0 aromatic heterocycles. The average Bonchev–Trinajstić information content (AvgIpc) is 3.37. The fourth-order valence-electron chi connectivity index (χ4n) is 9.95. The summed E-state index contributed by atoms with van der Waals surface area (Å²) in [6.45, 7) is 5.29. The summed E-state index contributed by atoms with van der Waals surface area (Å²) in [5.41, 5.74) is 12.7. The van der Waals surface area contributed by atoms with Crippen molar-refractivity contribution in [3.8, 4) is 0 Å². The Labute approximate surface area is 457 Å². The van der Waals surface area contributed by atoms with Gasteiger partial charge in [-0.15, -0.1) is 0 Å². The van der Waals surface area contributed by atoms with E-state index < -0.39 is 135 Å². The van der Waals surface area contributed by atoms with Crippen LogP contribution in [0.25, 0.3) is 0 Å². The van der Waals surface area contributed by atoms with E-state index in [1.54, 1.807) is 97.2 Å². The first kappa shape index (κ1) is 65.8. The zero-order chi connectivity index (χ0) is 57.5. The van der Waals surface area contributed by atoms with Gasteiger partial charge < -0.3 is 86.6 Å². The summed E-state index contributed by atoms with van der Waals surface area (Å²) in [5, 5.41) is 119. The van der Waals surface area contributed by atoms with E-state index in [1.807, 2.05) is 19.9 Å². The van der Waals surface area contributed by atoms with Gasteiger partial charge >= 0.3 is 11.9 Å². The third kappa shape index (κ3) is 22.8. The first-order valence-electron chi connectivity index (χ1n) is 27.0. The number of allylic oxidation sites excluding steroid dienone is 12. The van der Waals surface area contributed by atoms with Crippen molar-refractivity contribution >= 4 is 23.4 Å². The quantitative estimate of drug-likeness (QED) is 0.0909. The molecule has 0 amide bonds. The van der Waals surface area contributed by atoms with Crippen LogP contribution in [0.15, 0.2) is 109 Å². The average molecular weight is 1100 g/mol. The SMILES string of the molecule is CC1/C=C/C=C/C=C\C=C/C=C/C=C/C=C/C(OC2O[C@H](C)[C@@H](O)[C@H](N)[C@@H]2O)C[C@@H]2OC(O)(CC(O)CC(O)CC(O)CCCC(O)CC(O)CC(=O)OC1C(C)CCC(O)CC(=O)c1ccc(N)cc1)CC(O)C2C(=O)O. The topological polar surface area (TPSA) is 363 Å². The number of aliphatic hydroxyl groups excluding tert-OH is 9. The van der Waals surface area contributed by atoms with Gasteiger partial charge in [-0.25, -0.2) is 0 Å². The number of Topliss-reactive ketones (excluding diaryl/α,β-unsaturated/α-hetero) is 1. The van der Waals surface area contributed by atoms with Gasteiger partial charge in [-0.3, -0.25) is 14.4 Å². The summed E-state index contributed by atoms with van der Waals surface area (Å²) in [6, 6.07) is 5.30. The minimum Gasteiger partial charge on any atom is -0.481 e. The largest absolute Gasteiger partial charge is 0.481 e. The molecule has 3 aliphatic heterocycles. The molecule has 4 rings (SSSR count). The maximum Gasteiger partial charge on any atom is 0.311 e. The lowest BCUT2D eigenvalue weighted by molar-refractivity contribution is -0.308. The number of carboxylic acids is 1. The van der Waals surface area contributed by atoms with Crippen LogP contribution in [0.2, 0.25) is 0 Å². The summed E-state index contributed by atoms with van der Waals surface area (Å²) in [6.07, 6.45) is 5.92. The van der Waals surface area contributed by atoms with Crippen LogP contribution < -0.4 is 11.5 Å². The first-order chi connectivity index (χ1) is 36.9. The Hall–Kier alpha value is -4.75. The van der Waals surface area contributed by atoms with Crippen molar-refractivity contribution in [3.05, 3.63) is 115 Å². The zero-order valence-electron chi connectivity index (χ0n) is 44.9. The number of hydrogen-bond acceptors (Lipinski definition) is 19. The van der Waals surface area contributed by atoms with Crippen LogP contribution in [0, 0.1) is 17.8 Å². The van der Waals surface area contributed by atoms with Gasteiger partial charge in [-0.2, -0.15) is 0 Å². The lowest BCUT2D eigenvalue weighted by Crippen LogP contribution is -2.61. The number of fused-ring (bicyclic) bond motifs is 2. The predicted molar refractivity (Wildman–Crippen MR) is 290 cm³/mol. The van der Waals surface area contributed by atoms with Crippen LogP contribution in [0.4, 0.5) is 5.69 Å². The van der Waals surface area contributed by atoms with E-state index in [1.165, 1.54) is 13.0 Å². The Bertz CT molecular complexity index is 2200. The molecule has 14 unspecified atom stereocenters. The molecule has 0 radical (unpaired) electrons. The van der Waals surface area contributed by atoms with E-state index in [0.717, 1.165) is 0 Å². The lowest BCUT2D eigenvalue weighted by Gasteiger charge is -2.45. The minimum atomic E-state index is -2.29. The molecule has 1 aromatic carbocycles. The van der Waals surface area contributed by atoms with Gasteiger partial charge in [0.1, 0.15) is 18.1 Å². The number of ether oxygens (including phenoxy) is 4. The van der Waals surface area contributed by atoms with E-state index >= 15 is 0 Å². The van der Waals surface area contributed by atoms with Crippen molar-refractivity contribution < 1.29 is 89.5 Å². The second-order valence-electron chi connectivity index (χ2n) is 21.2. The fourth-order valence-corrected chi connectivity index (χ4v) is 9.95. The molecule has 20 heteroatoms. The molecule has 2 saturated heterocycles. The number of aliphatic carboxylic acids is 1. The summed E-state index contributed by atoms with van der Waals surface area (Å²) >= 11 is 0. The Morgan fingerprint density at radius 2 is 1.28 bits per heavy atom. The van der Waals surface area contributed by atoms with Crippen molar-refractivity contribution in [3.63, 3.8) is 0 Å². The van der Waals surface area contributed by atoms with Gasteiger partial charge in [-0.1, -0.05) is 98.9 Å². The highest BCUT2D eigenvalue weighted by molar-refractivity contribution is 5.96. The molecule has 2 bridgehead atoms. The first-order valence-corrected chi connectivity index (χ1v) is 27.0. The summed E-state index contributed by atoms with van der Waals surface area (Å²) in [4.78, 5) is 38.6. The maximum atomic E-state index is 13.3. The summed E-state index contributed by atoms with van der Waals surface area (Å²) < 4.78 is 23.8. The molecule has 19 atom stereocenters. The van der Waals surface area contributed by atoms with E-state index in [4.69, 9.17) is 30.4 Å². The highest BCUT2D eigenvalue weighted by Gasteiger charge is 2.51. The Balaban J connectivity index is 1.52. The minimum absolute atomic E-state index is 0.101. The Morgan fingerprint density at radius 3 is 1.87 bits per heavy atom. The molecule has 0 spiro atoms. The van der Waals surface area contributed by atoms with Crippen molar-refractivity contribution in [1.82, 2.24) is 0 Å². The van der Waals surface area contributed by atoms with E-state index in [9.17, 15) is 70.6 Å². The number of esters is 1. The van der Waals surface area contributed by atoms with Gasteiger partial charge in [0.15, 0.2) is 17.9 Å². The second-order valence-corrected chi connectivity index (χ2v) is 21.2. The number of anilines is 1. The van der Waals surface area contributed by atoms with Crippen molar-refractivity contribution in [2.75, 3.05) is 5.73 Å². The van der Waals surface area contributed by atoms with Gasteiger partial charge in [-0.05, 0) is 88.5 Å². The molecule has 436 valence electrons. The molecule has 0 aliphatic carbocycles. The number of benzene rings is 1. The molecular formula is C58H86N2O18. The van der Waals surface area contributed by atoms with Crippen LogP contribution in [0.5, 0.6) is 0 Å². The van der Waals surface area contributed by atoms with Crippen LogP contribution in [-0.2, 0) is 28.5 Å². The van der Waals surface area contributed by atoms with Gasteiger partial charge in [0.05, 0.1) is 79.6 Å². The van der Waals surface area contributed by atoms with Crippen molar-refractivity contribution in [2.45, 2.75) is 202 Å². The van der Waals surface area contributed by atoms with E-state index in [2.05, 4.69) is 0 Å². The normalized spacial score (nSPS) is 38.7. The van der Waals surface area contributed by atoms with Crippen LogP contribution in [0.1, 0.15) is 115 Å². The Kier molecular flexibility index (Phi) is 27.9. The smallest absolute Gasteiger partial charge is 0.311 e. The van der Waals surface area contributed by atoms with Crippen LogP contribution >= 0.6 is 0 Å².